The molecular formula is C28H32BNO6S. The maximum Gasteiger partial charge on any atom is 0.455 e. The molecule has 2 saturated heterocycles. The SMILES string of the molecule is CC/C(=C\c1ccccc1O)CC[C@H]1OB(O)C[C@H]2C1=C(CO)C[C@H]1C(=O)N(Cc3cccs3)C(=O)[C@H]12. The van der Waals surface area contributed by atoms with Crippen molar-refractivity contribution in [3.8, 4) is 5.75 Å². The molecule has 3 aliphatic rings. The third-order valence-corrected chi connectivity index (χ3v) is 8.82. The first-order valence-corrected chi connectivity index (χ1v) is 13.8. The van der Waals surface area contributed by atoms with Gasteiger partial charge >= 0.3 is 7.12 Å². The van der Waals surface area contributed by atoms with Crippen LogP contribution in [0.1, 0.15) is 43.0 Å². The molecule has 2 amide bonds. The Morgan fingerprint density at radius 3 is 2.70 bits per heavy atom. The van der Waals surface area contributed by atoms with Crippen LogP contribution in [0.5, 0.6) is 5.75 Å². The number of fused-ring (bicyclic) bond motifs is 3. The summed E-state index contributed by atoms with van der Waals surface area (Å²) in [5.41, 5.74) is 3.51. The van der Waals surface area contributed by atoms with Crippen LogP contribution in [0.3, 0.4) is 0 Å². The van der Waals surface area contributed by atoms with Crippen molar-refractivity contribution in [1.29, 1.82) is 0 Å². The minimum Gasteiger partial charge on any atom is -0.507 e. The lowest BCUT2D eigenvalue weighted by atomic mass is 9.58. The molecule has 2 aliphatic heterocycles. The van der Waals surface area contributed by atoms with E-state index >= 15 is 0 Å². The molecule has 194 valence electrons. The molecule has 1 aliphatic carbocycles. The summed E-state index contributed by atoms with van der Waals surface area (Å²) >= 11 is 1.51. The van der Waals surface area contributed by atoms with Crippen LogP contribution in [0.25, 0.3) is 6.08 Å². The Kier molecular flexibility index (Phi) is 7.67. The Hall–Kier alpha value is -2.72. The van der Waals surface area contributed by atoms with Crippen molar-refractivity contribution >= 4 is 36.3 Å². The molecule has 0 spiro atoms. The number of allylic oxidation sites excluding steroid dienone is 1. The third kappa shape index (κ3) is 5.05. The van der Waals surface area contributed by atoms with Crippen molar-refractivity contribution in [3.63, 3.8) is 0 Å². The van der Waals surface area contributed by atoms with Gasteiger partial charge in [-0.05, 0) is 66.6 Å². The van der Waals surface area contributed by atoms with E-state index in [1.54, 1.807) is 12.1 Å². The van der Waals surface area contributed by atoms with E-state index in [1.807, 2.05) is 35.7 Å². The van der Waals surface area contributed by atoms with Gasteiger partial charge in [0.15, 0.2) is 0 Å². The monoisotopic (exact) mass is 521 g/mol. The van der Waals surface area contributed by atoms with E-state index in [2.05, 4.69) is 6.92 Å². The van der Waals surface area contributed by atoms with E-state index in [0.29, 0.717) is 19.3 Å². The van der Waals surface area contributed by atoms with E-state index in [4.69, 9.17) is 4.65 Å². The number of hydrogen-bond acceptors (Lipinski definition) is 7. The lowest BCUT2D eigenvalue weighted by Crippen LogP contribution is -2.46. The summed E-state index contributed by atoms with van der Waals surface area (Å²) in [6, 6.07) is 11.0. The van der Waals surface area contributed by atoms with Gasteiger partial charge in [0, 0.05) is 10.4 Å². The number of likely N-dealkylation sites (tertiary alicyclic amines) is 1. The van der Waals surface area contributed by atoms with Gasteiger partial charge in [0.05, 0.1) is 31.1 Å². The zero-order chi connectivity index (χ0) is 26.1. The van der Waals surface area contributed by atoms with Gasteiger partial charge in [-0.15, -0.1) is 11.3 Å². The van der Waals surface area contributed by atoms with Crippen LogP contribution >= 0.6 is 11.3 Å². The maximum absolute atomic E-state index is 13.6. The highest BCUT2D eigenvalue weighted by atomic mass is 32.1. The van der Waals surface area contributed by atoms with Crippen LogP contribution < -0.4 is 0 Å². The number of thiophene rings is 1. The van der Waals surface area contributed by atoms with E-state index in [9.17, 15) is 24.8 Å². The topological polar surface area (TPSA) is 107 Å². The average molecular weight is 521 g/mol. The fourth-order valence-electron chi connectivity index (χ4n) is 6.19. The number of aromatic hydroxyl groups is 1. The summed E-state index contributed by atoms with van der Waals surface area (Å²) in [5.74, 6) is -1.55. The normalized spacial score (nSPS) is 26.1. The lowest BCUT2D eigenvalue weighted by Gasteiger charge is -2.43. The summed E-state index contributed by atoms with van der Waals surface area (Å²) in [7, 11) is -1.04. The highest BCUT2D eigenvalue weighted by molar-refractivity contribution is 7.09. The number of phenols is 1. The van der Waals surface area contributed by atoms with Crippen molar-refractivity contribution < 1.29 is 29.5 Å². The fraction of sp³-hybridized carbons (Fsp3) is 0.429. The van der Waals surface area contributed by atoms with Crippen LogP contribution in [-0.4, -0.2) is 51.8 Å². The third-order valence-electron chi connectivity index (χ3n) is 7.96. The lowest BCUT2D eigenvalue weighted by molar-refractivity contribution is -0.140. The number of nitrogens with zero attached hydrogens (tertiary/aromatic N) is 1. The maximum atomic E-state index is 13.6. The van der Waals surface area contributed by atoms with Crippen LogP contribution in [-0.2, 0) is 20.8 Å². The zero-order valence-corrected chi connectivity index (χ0v) is 21.7. The van der Waals surface area contributed by atoms with E-state index < -0.39 is 25.1 Å². The first-order chi connectivity index (χ1) is 17.9. The highest BCUT2D eigenvalue weighted by Crippen LogP contribution is 2.50. The van der Waals surface area contributed by atoms with Gasteiger partial charge in [0.1, 0.15) is 5.75 Å². The number of aliphatic hydroxyl groups is 1. The second-order valence-corrected chi connectivity index (χ2v) is 11.1. The summed E-state index contributed by atoms with van der Waals surface area (Å²) in [4.78, 5) is 29.2. The van der Waals surface area contributed by atoms with Gasteiger partial charge < -0.3 is 19.9 Å². The molecule has 2 fully saturated rings. The number of rotatable bonds is 8. The van der Waals surface area contributed by atoms with Crippen molar-refractivity contribution in [2.24, 2.45) is 17.8 Å². The minimum atomic E-state index is -1.04. The quantitative estimate of drug-likeness (QED) is 0.275. The molecule has 2 aromatic rings. The van der Waals surface area contributed by atoms with Gasteiger partial charge in [0.25, 0.3) is 0 Å². The van der Waals surface area contributed by atoms with Crippen LogP contribution in [0, 0.1) is 17.8 Å². The van der Waals surface area contributed by atoms with E-state index in [-0.39, 0.29) is 43.0 Å². The van der Waals surface area contributed by atoms with Gasteiger partial charge in [-0.2, -0.15) is 0 Å². The number of phenolic OH excluding ortho intramolecular Hbond substituents is 1. The molecule has 3 heterocycles. The number of hydrogen-bond donors (Lipinski definition) is 3. The van der Waals surface area contributed by atoms with Crippen LogP contribution in [0.15, 0.2) is 58.5 Å². The zero-order valence-electron chi connectivity index (χ0n) is 20.9. The van der Waals surface area contributed by atoms with Gasteiger partial charge in [0.2, 0.25) is 11.8 Å². The number of carbonyl (C=O) groups is 2. The van der Waals surface area contributed by atoms with Crippen molar-refractivity contribution in [2.45, 2.75) is 51.6 Å². The van der Waals surface area contributed by atoms with Gasteiger partial charge in [-0.3, -0.25) is 14.5 Å². The molecule has 0 radical (unpaired) electrons. The van der Waals surface area contributed by atoms with E-state index in [0.717, 1.165) is 33.6 Å². The number of imide groups is 1. The second kappa shape index (κ2) is 11.0. The Labute approximate surface area is 221 Å². The van der Waals surface area contributed by atoms with Crippen molar-refractivity contribution in [1.82, 2.24) is 4.90 Å². The molecule has 1 aromatic carbocycles. The summed E-state index contributed by atoms with van der Waals surface area (Å²) in [6.45, 7) is 2.11. The molecule has 7 nitrogen and oxygen atoms in total. The Morgan fingerprint density at radius 1 is 1.19 bits per heavy atom. The molecule has 0 bridgehead atoms. The Balaban J connectivity index is 1.39. The molecule has 0 saturated carbocycles. The van der Waals surface area contributed by atoms with Gasteiger partial charge in [-0.25, -0.2) is 0 Å². The Morgan fingerprint density at radius 2 is 2.00 bits per heavy atom. The molecule has 9 heteroatoms. The molecular weight excluding hydrogens is 489 g/mol. The smallest absolute Gasteiger partial charge is 0.455 e. The summed E-state index contributed by atoms with van der Waals surface area (Å²) in [5, 5.41) is 33.0. The predicted molar refractivity (Wildman–Crippen MR) is 142 cm³/mol. The largest absolute Gasteiger partial charge is 0.507 e. The van der Waals surface area contributed by atoms with Crippen LogP contribution in [0.2, 0.25) is 6.32 Å². The van der Waals surface area contributed by atoms with Gasteiger partial charge in [-0.1, -0.05) is 42.8 Å². The molecule has 37 heavy (non-hydrogen) atoms. The predicted octanol–water partition coefficient (Wildman–Crippen LogP) is 4.02. The highest BCUT2D eigenvalue weighted by Gasteiger charge is 2.57. The van der Waals surface area contributed by atoms with Crippen LogP contribution in [0.4, 0.5) is 0 Å². The number of benzene rings is 1. The number of aliphatic hydroxyl groups excluding tert-OH is 1. The molecule has 1 aromatic heterocycles. The number of para-hydroxylation sites is 1. The standard InChI is InChI=1S/C28H32BNO6S/c1-2-17(12-18-6-3-4-8-23(18)32)9-10-24-25-19(16-31)13-21-26(22(25)14-29(35)36-24)28(34)30(27(21)33)15-20-7-5-11-37-20/h3-8,11-12,21-22,24,26,31-32,35H,2,9-10,13-16H2,1H3/b17-12+/t21-,22+,24-,26-/m1/s1. The molecule has 0 unspecified atom stereocenters. The first-order valence-electron chi connectivity index (χ1n) is 12.9. The minimum absolute atomic E-state index is 0.190. The summed E-state index contributed by atoms with van der Waals surface area (Å²) in [6.07, 6.45) is 4.12. The first kappa shape index (κ1) is 25.9. The fourth-order valence-corrected chi connectivity index (χ4v) is 6.88. The Bertz CT molecular complexity index is 1230. The van der Waals surface area contributed by atoms with Crippen molar-refractivity contribution in [3.05, 3.63) is 68.9 Å². The van der Waals surface area contributed by atoms with E-state index in [1.165, 1.54) is 16.2 Å². The average Bonchev–Trinajstić information content (AvgIpc) is 3.49. The summed E-state index contributed by atoms with van der Waals surface area (Å²) < 4.78 is 5.98. The molecule has 4 atom stereocenters. The van der Waals surface area contributed by atoms with Crippen molar-refractivity contribution in [2.75, 3.05) is 6.61 Å². The second-order valence-electron chi connectivity index (χ2n) is 10.1. The number of amides is 2. The molecule has 3 N–H and O–H groups in total. The number of carbonyl (C=O) groups excluding carboxylic acids is 2. The molecule has 5 rings (SSSR count).